The summed E-state index contributed by atoms with van der Waals surface area (Å²) in [5, 5.41) is 0. The Morgan fingerprint density at radius 2 is 1.25 bits per heavy atom. The average Bonchev–Trinajstić information content (AvgIpc) is 0.918. The van der Waals surface area contributed by atoms with E-state index in [1.165, 1.54) is 0 Å². The van der Waals surface area contributed by atoms with Gasteiger partial charge >= 0.3 is 26.8 Å². The predicted octanol–water partition coefficient (Wildman–Crippen LogP) is 0.610. The van der Waals surface area contributed by atoms with E-state index in [1.54, 1.807) is 0 Å². The molecule has 0 saturated carbocycles. The smallest absolute Gasteiger partial charge is 0.870 e. The first-order valence-electron chi connectivity index (χ1n) is 1.15. The van der Waals surface area contributed by atoms with E-state index in [0.29, 0.717) is 0 Å². The molecule has 0 radical (unpaired) electrons. The zero-order valence-corrected chi connectivity index (χ0v) is 4.18. The summed E-state index contributed by atoms with van der Waals surface area (Å²) < 4.78 is 0. The molecular weight excluding hydrogens is 67.0 g/mol. The van der Waals surface area contributed by atoms with Gasteiger partial charge in [-0.25, -0.2) is 0 Å². The van der Waals surface area contributed by atoms with Gasteiger partial charge in [0.25, 0.3) is 0 Å². The molecule has 0 saturated heterocycles. The first-order valence-corrected chi connectivity index (χ1v) is 3.46. The normalized spacial score (nSPS) is 2.50. The van der Waals surface area contributed by atoms with Crippen molar-refractivity contribution in [3.8, 4) is 0 Å². The second kappa shape index (κ2) is 9.74. The van der Waals surface area contributed by atoms with Gasteiger partial charge in [0.15, 0.2) is 0 Å². The van der Waals surface area contributed by atoms with Crippen LogP contribution in [0.1, 0.15) is 0 Å². The van der Waals surface area contributed by atoms with Crippen molar-refractivity contribution in [3.05, 3.63) is 0 Å². The maximum absolute atomic E-state index is 2.21. The quantitative estimate of drug-likeness (QED) is 0.387. The van der Waals surface area contributed by atoms with Crippen molar-refractivity contribution in [1.82, 2.24) is 0 Å². The van der Waals surface area contributed by atoms with E-state index in [2.05, 4.69) is 11.6 Å². The van der Waals surface area contributed by atoms with Crippen molar-refractivity contribution in [1.29, 1.82) is 0 Å². The van der Waals surface area contributed by atoms with Crippen molar-refractivity contribution in [3.63, 3.8) is 0 Å². The monoisotopic (exact) mass is 74.0 g/mol. The van der Waals surface area contributed by atoms with Gasteiger partial charge in [-0.3, -0.25) is 0 Å². The molecule has 0 aliphatic heterocycles. The molecule has 0 heterocycles. The van der Waals surface area contributed by atoms with Crippen LogP contribution >= 0.6 is 0 Å². The van der Waals surface area contributed by atoms with E-state index >= 15 is 0 Å². The number of hydrogen-bond acceptors (Lipinski definition) is 1. The summed E-state index contributed by atoms with van der Waals surface area (Å²) in [5.41, 5.74) is 0. The first kappa shape index (κ1) is 8.82. The second-order valence-electron chi connectivity index (χ2n) is 0.577. The Morgan fingerprint density at radius 1 is 1.25 bits per heavy atom. The van der Waals surface area contributed by atoms with Crippen LogP contribution in [-0.2, 0) is 0 Å². The largest absolute Gasteiger partial charge is 0.870 e. The van der Waals surface area contributed by atoms with Crippen LogP contribution in [0, 0.1) is 0 Å². The zero-order valence-electron chi connectivity index (χ0n) is 3.02. The molecule has 0 spiro atoms. The molecule has 0 aliphatic rings. The number of rotatable bonds is 0. The van der Waals surface area contributed by atoms with Crippen LogP contribution in [0.15, 0.2) is 0 Å². The summed E-state index contributed by atoms with van der Waals surface area (Å²) in [4.78, 5) is 0. The first-order chi connectivity index (χ1) is 1.41. The van der Waals surface area contributed by atoms with Crippen LogP contribution in [0.2, 0.25) is 11.6 Å². The van der Waals surface area contributed by atoms with Crippen LogP contribution < -0.4 is 0 Å². The van der Waals surface area contributed by atoms with Gasteiger partial charge in [0.1, 0.15) is 0 Å². The molecule has 0 unspecified atom stereocenters. The summed E-state index contributed by atoms with van der Waals surface area (Å²) >= 11 is 0.750. The molecule has 0 atom stereocenters. The molecule has 24 valence electrons. The third-order valence-corrected chi connectivity index (χ3v) is 0. The molecule has 0 aromatic heterocycles. The SMILES string of the molecule is [CH3][Al+][CH3].[OH-]. The Labute approximate surface area is 33.0 Å². The van der Waals surface area contributed by atoms with Gasteiger partial charge in [0.2, 0.25) is 0 Å². The second-order valence-corrected chi connectivity index (χ2v) is 1.73. The standard InChI is InChI=1S/2CH3.Al.H2O/h2*1H3;;1H2/q;;+1;/p-1. The van der Waals surface area contributed by atoms with Crippen LogP contribution in [0.5, 0.6) is 0 Å². The van der Waals surface area contributed by atoms with Crippen LogP contribution in [0.3, 0.4) is 0 Å². The van der Waals surface area contributed by atoms with Crippen LogP contribution in [-0.4, -0.2) is 20.7 Å². The maximum atomic E-state index is 2.21. The summed E-state index contributed by atoms with van der Waals surface area (Å²) in [5.74, 6) is 4.42. The molecule has 0 amide bonds. The van der Waals surface area contributed by atoms with Crippen molar-refractivity contribution >= 4 is 15.2 Å². The summed E-state index contributed by atoms with van der Waals surface area (Å²) in [6.07, 6.45) is 0. The van der Waals surface area contributed by atoms with E-state index < -0.39 is 0 Å². The fourth-order valence-corrected chi connectivity index (χ4v) is 0. The Bertz CT molecular complexity index is 6.00. The third-order valence-electron chi connectivity index (χ3n) is 0. The molecule has 0 bridgehead atoms. The molecule has 1 N–H and O–H groups in total. The molecule has 0 aromatic rings. The van der Waals surface area contributed by atoms with Crippen LogP contribution in [0.4, 0.5) is 0 Å². The fraction of sp³-hybridized carbons (Fsp3) is 1.00. The predicted molar refractivity (Wildman–Crippen MR) is 19.4 cm³/mol. The van der Waals surface area contributed by atoms with Gasteiger partial charge < -0.3 is 5.48 Å². The van der Waals surface area contributed by atoms with Crippen molar-refractivity contribution in [2.45, 2.75) is 11.6 Å². The van der Waals surface area contributed by atoms with E-state index in [4.69, 9.17) is 0 Å². The van der Waals surface area contributed by atoms with Gasteiger partial charge in [-0.1, -0.05) is 0 Å². The molecule has 0 fully saturated rings. The Balaban J connectivity index is 0. The molecule has 4 heavy (non-hydrogen) atoms. The summed E-state index contributed by atoms with van der Waals surface area (Å²) in [6, 6.07) is 0. The molecule has 2 heteroatoms. The van der Waals surface area contributed by atoms with Gasteiger partial charge in [-0.05, 0) is 0 Å². The molecule has 1 nitrogen and oxygen atoms in total. The van der Waals surface area contributed by atoms with Gasteiger partial charge in [0, 0.05) is 0 Å². The minimum Gasteiger partial charge on any atom is -0.870 e. The maximum Gasteiger partial charge on any atom is -0.870 e. The van der Waals surface area contributed by atoms with Gasteiger partial charge in [-0.15, -0.1) is 0 Å². The minimum absolute atomic E-state index is 0. The van der Waals surface area contributed by atoms with Crippen molar-refractivity contribution in [2.24, 2.45) is 0 Å². The Morgan fingerprint density at radius 3 is 1.25 bits per heavy atom. The Kier molecular flexibility index (Phi) is 21.5. The molecule has 0 rings (SSSR count). The van der Waals surface area contributed by atoms with Gasteiger partial charge in [-0.2, -0.15) is 0 Å². The topological polar surface area (TPSA) is 30.0 Å². The minimum atomic E-state index is 0. The van der Waals surface area contributed by atoms with E-state index in [-0.39, 0.29) is 5.48 Å². The summed E-state index contributed by atoms with van der Waals surface area (Å²) in [6.45, 7) is 0. The van der Waals surface area contributed by atoms with Crippen molar-refractivity contribution < 1.29 is 5.48 Å². The molecule has 0 aliphatic carbocycles. The van der Waals surface area contributed by atoms with E-state index in [0.717, 1.165) is 15.2 Å². The van der Waals surface area contributed by atoms with Crippen LogP contribution in [0.25, 0.3) is 0 Å². The Hall–Kier alpha value is 0.492. The molecular formula is C2H7AlO. The summed E-state index contributed by atoms with van der Waals surface area (Å²) in [7, 11) is 0. The average molecular weight is 74.1 g/mol. The number of hydrogen-bond donors (Lipinski definition) is 0. The zero-order chi connectivity index (χ0) is 2.71. The van der Waals surface area contributed by atoms with E-state index in [9.17, 15) is 0 Å². The van der Waals surface area contributed by atoms with E-state index in [1.807, 2.05) is 0 Å². The van der Waals surface area contributed by atoms with Crippen molar-refractivity contribution in [2.75, 3.05) is 0 Å². The fourth-order valence-electron chi connectivity index (χ4n) is 0. The molecule has 0 aromatic carbocycles. The third kappa shape index (κ3) is 22.9. The van der Waals surface area contributed by atoms with Gasteiger partial charge in [0.05, 0.1) is 0 Å².